The number of hydrogen-bond acceptors (Lipinski definition) is 4. The summed E-state index contributed by atoms with van der Waals surface area (Å²) in [4.78, 5) is 21.0. The van der Waals surface area contributed by atoms with Crippen molar-refractivity contribution in [1.82, 2.24) is 9.80 Å². The average molecular weight is 363 g/mol. The van der Waals surface area contributed by atoms with Gasteiger partial charge in [-0.25, -0.2) is 4.79 Å². The van der Waals surface area contributed by atoms with Crippen molar-refractivity contribution in [3.63, 3.8) is 0 Å². The van der Waals surface area contributed by atoms with Crippen molar-refractivity contribution in [2.75, 3.05) is 26.7 Å². The molecule has 2 aliphatic rings. The number of hydrogen-bond donors (Lipinski definition) is 1. The maximum Gasteiger partial charge on any atom is 0.410 e. The fourth-order valence-electron chi connectivity index (χ4n) is 3.16. The van der Waals surface area contributed by atoms with E-state index in [0.717, 1.165) is 38.0 Å². The fourth-order valence-corrected chi connectivity index (χ4v) is 3.16. The van der Waals surface area contributed by atoms with E-state index >= 15 is 0 Å². The second kappa shape index (κ2) is 7.72. The summed E-state index contributed by atoms with van der Waals surface area (Å²) in [6.07, 6.45) is 6.96. The van der Waals surface area contributed by atoms with Crippen molar-refractivity contribution in [2.45, 2.75) is 65.0 Å². The number of nitrogens with zero attached hydrogens (tertiary/aromatic N) is 3. The number of amidine groups is 1. The summed E-state index contributed by atoms with van der Waals surface area (Å²) in [5.74, 6) is 0.534. The highest BCUT2D eigenvalue weighted by atomic mass is 16.6. The van der Waals surface area contributed by atoms with Crippen molar-refractivity contribution < 1.29 is 9.53 Å². The number of rotatable bonds is 4. The molecule has 0 aromatic heterocycles. The summed E-state index contributed by atoms with van der Waals surface area (Å²) < 4.78 is 5.61. The van der Waals surface area contributed by atoms with Crippen LogP contribution in [0.3, 0.4) is 0 Å². The molecule has 2 fully saturated rings. The quantitative estimate of drug-likeness (QED) is 0.473. The maximum atomic E-state index is 12.6. The van der Waals surface area contributed by atoms with Gasteiger partial charge < -0.3 is 15.4 Å². The highest BCUT2D eigenvalue weighted by Gasteiger charge is 2.54. The third kappa shape index (κ3) is 4.80. The molecule has 1 aliphatic heterocycles. The molecule has 0 atom stereocenters. The predicted octanol–water partition coefficient (Wildman–Crippen LogP) is 3.30. The van der Waals surface area contributed by atoms with Gasteiger partial charge in [-0.3, -0.25) is 9.89 Å². The molecule has 0 aromatic carbocycles. The van der Waals surface area contributed by atoms with Gasteiger partial charge in [0.2, 0.25) is 0 Å². The molecule has 1 aliphatic carbocycles. The molecule has 2 N–H and O–H groups in total. The van der Waals surface area contributed by atoms with Crippen LogP contribution in [-0.4, -0.2) is 59.6 Å². The normalized spacial score (nSPS) is 21.2. The molecule has 1 spiro atoms. The largest absolute Gasteiger partial charge is 0.444 e. The van der Waals surface area contributed by atoms with Crippen LogP contribution in [0.15, 0.2) is 28.4 Å². The Morgan fingerprint density at radius 2 is 1.92 bits per heavy atom. The second-order valence-corrected chi connectivity index (χ2v) is 8.31. The molecule has 1 saturated heterocycles. The molecule has 2 rings (SSSR count). The Balaban J connectivity index is 2.18. The molecule has 6 heteroatoms. The van der Waals surface area contributed by atoms with E-state index in [1.165, 1.54) is 5.57 Å². The second-order valence-electron chi connectivity index (χ2n) is 8.31. The van der Waals surface area contributed by atoms with Crippen molar-refractivity contribution in [3.8, 4) is 0 Å². The van der Waals surface area contributed by atoms with Crippen molar-refractivity contribution in [3.05, 3.63) is 23.4 Å². The Morgan fingerprint density at radius 3 is 2.42 bits per heavy atom. The van der Waals surface area contributed by atoms with Crippen LogP contribution in [0, 0.1) is 0 Å². The number of carbonyl (C=O) groups is 1. The van der Waals surface area contributed by atoms with Gasteiger partial charge in [0, 0.05) is 26.7 Å². The summed E-state index contributed by atoms with van der Waals surface area (Å²) in [6, 6.07) is 0. The van der Waals surface area contributed by atoms with Gasteiger partial charge in [-0.15, -0.1) is 0 Å². The van der Waals surface area contributed by atoms with E-state index in [1.807, 2.05) is 25.7 Å². The van der Waals surface area contributed by atoms with Crippen LogP contribution in [-0.2, 0) is 4.74 Å². The minimum absolute atomic E-state index is 0.128. The SMILES string of the molecule is CC/C(C)=C/C=C(\C(N)=NC)N1CCN(C(=O)OC(C)(C)C)C2(CC2)C1. The summed E-state index contributed by atoms with van der Waals surface area (Å²) in [6.45, 7) is 12.1. The number of piperazine rings is 1. The van der Waals surface area contributed by atoms with Crippen LogP contribution < -0.4 is 5.73 Å². The van der Waals surface area contributed by atoms with E-state index in [9.17, 15) is 4.79 Å². The van der Waals surface area contributed by atoms with Gasteiger partial charge in [0.25, 0.3) is 0 Å². The van der Waals surface area contributed by atoms with Gasteiger partial charge in [-0.2, -0.15) is 0 Å². The lowest BCUT2D eigenvalue weighted by Gasteiger charge is -2.43. The van der Waals surface area contributed by atoms with Gasteiger partial charge in [0.15, 0.2) is 0 Å². The lowest BCUT2D eigenvalue weighted by molar-refractivity contribution is -0.00210. The lowest BCUT2D eigenvalue weighted by atomic mass is 10.1. The van der Waals surface area contributed by atoms with Gasteiger partial charge in [0.1, 0.15) is 11.4 Å². The van der Waals surface area contributed by atoms with Crippen molar-refractivity contribution in [2.24, 2.45) is 10.7 Å². The first-order chi connectivity index (χ1) is 12.1. The molecule has 0 radical (unpaired) electrons. The van der Waals surface area contributed by atoms with Crippen LogP contribution in [0.1, 0.15) is 53.9 Å². The number of carbonyl (C=O) groups excluding carboxylic acids is 1. The summed E-state index contributed by atoms with van der Waals surface area (Å²) in [5, 5.41) is 0. The van der Waals surface area contributed by atoms with E-state index < -0.39 is 5.60 Å². The third-order valence-corrected chi connectivity index (χ3v) is 5.02. The first kappa shape index (κ1) is 20.3. The van der Waals surface area contributed by atoms with Gasteiger partial charge in [-0.1, -0.05) is 18.6 Å². The van der Waals surface area contributed by atoms with Crippen LogP contribution in [0.25, 0.3) is 0 Å². The summed E-state index contributed by atoms with van der Waals surface area (Å²) >= 11 is 0. The predicted molar refractivity (Wildman–Crippen MR) is 106 cm³/mol. The van der Waals surface area contributed by atoms with Gasteiger partial charge >= 0.3 is 6.09 Å². The van der Waals surface area contributed by atoms with E-state index in [2.05, 4.69) is 35.9 Å². The first-order valence-corrected chi connectivity index (χ1v) is 9.47. The van der Waals surface area contributed by atoms with Crippen LogP contribution in [0.4, 0.5) is 4.79 Å². The minimum atomic E-state index is -0.475. The highest BCUT2D eigenvalue weighted by molar-refractivity contribution is 5.96. The first-order valence-electron chi connectivity index (χ1n) is 9.47. The zero-order valence-corrected chi connectivity index (χ0v) is 17.1. The molecular weight excluding hydrogens is 328 g/mol. The smallest absolute Gasteiger partial charge is 0.410 e. The van der Waals surface area contributed by atoms with E-state index in [1.54, 1.807) is 7.05 Å². The molecule has 1 heterocycles. The zero-order valence-electron chi connectivity index (χ0n) is 17.1. The molecule has 0 bridgehead atoms. The molecule has 1 amide bonds. The van der Waals surface area contributed by atoms with Gasteiger partial charge in [-0.05, 0) is 53.0 Å². The van der Waals surface area contributed by atoms with E-state index in [4.69, 9.17) is 10.5 Å². The Morgan fingerprint density at radius 1 is 1.27 bits per heavy atom. The van der Waals surface area contributed by atoms with Crippen LogP contribution in [0.5, 0.6) is 0 Å². The topological polar surface area (TPSA) is 71.2 Å². The third-order valence-electron chi connectivity index (χ3n) is 5.02. The minimum Gasteiger partial charge on any atom is -0.444 e. The Kier molecular flexibility index (Phi) is 6.04. The lowest BCUT2D eigenvalue weighted by Crippen LogP contribution is -2.58. The number of aliphatic imine (C=N–C) groups is 1. The van der Waals surface area contributed by atoms with E-state index in [0.29, 0.717) is 12.4 Å². The Hall–Kier alpha value is -1.98. The molecular formula is C20H34N4O2. The number of amides is 1. The van der Waals surface area contributed by atoms with E-state index in [-0.39, 0.29) is 11.6 Å². The Bertz CT molecular complexity index is 624. The standard InChI is InChI=1S/C20H34N4O2/c1-7-15(2)8-9-16(17(21)22-6)23-12-13-24(20(14-23)10-11-20)18(25)26-19(3,4)5/h8-9H,7,10-14H2,1-6H3,(H2,21,22)/b15-8+,16-9+. The molecule has 6 nitrogen and oxygen atoms in total. The number of ether oxygens (including phenoxy) is 1. The Labute approximate surface area is 157 Å². The van der Waals surface area contributed by atoms with Crippen molar-refractivity contribution in [1.29, 1.82) is 0 Å². The highest BCUT2D eigenvalue weighted by Crippen LogP contribution is 2.45. The molecule has 146 valence electrons. The van der Waals surface area contributed by atoms with Gasteiger partial charge in [0.05, 0.1) is 11.2 Å². The summed E-state index contributed by atoms with van der Waals surface area (Å²) in [7, 11) is 1.71. The zero-order chi connectivity index (χ0) is 19.5. The van der Waals surface area contributed by atoms with Crippen LogP contribution in [0.2, 0.25) is 0 Å². The summed E-state index contributed by atoms with van der Waals surface area (Å²) in [5.41, 5.74) is 7.80. The maximum absolute atomic E-state index is 12.6. The molecule has 26 heavy (non-hydrogen) atoms. The van der Waals surface area contributed by atoms with Crippen molar-refractivity contribution >= 4 is 11.9 Å². The monoisotopic (exact) mass is 362 g/mol. The molecule has 0 unspecified atom stereocenters. The average Bonchev–Trinajstić information content (AvgIpc) is 3.32. The van der Waals surface area contributed by atoms with Crippen LogP contribution >= 0.6 is 0 Å². The molecule has 1 saturated carbocycles. The molecule has 0 aromatic rings. The number of nitrogens with two attached hydrogens (primary N) is 1. The fraction of sp³-hybridized carbons (Fsp3) is 0.700. The number of allylic oxidation sites excluding steroid dienone is 3.